The van der Waals surface area contributed by atoms with Gasteiger partial charge in [0.15, 0.2) is 0 Å². The van der Waals surface area contributed by atoms with Crippen LogP contribution in [0.4, 0.5) is 0 Å². The highest BCUT2D eigenvalue weighted by atomic mass is 16.4. The second kappa shape index (κ2) is 5.65. The molecule has 0 aliphatic heterocycles. The van der Waals surface area contributed by atoms with Gasteiger partial charge < -0.3 is 10.1 Å². The number of aryl methyl sites for hydroxylation is 1. The van der Waals surface area contributed by atoms with Gasteiger partial charge in [-0.1, -0.05) is 19.8 Å². The number of carbonyl (C=O) groups is 1. The van der Waals surface area contributed by atoms with Gasteiger partial charge in [0.2, 0.25) is 0 Å². The third-order valence-electron chi connectivity index (χ3n) is 3.02. The van der Waals surface area contributed by atoms with Gasteiger partial charge in [-0.15, -0.1) is 0 Å². The van der Waals surface area contributed by atoms with Gasteiger partial charge in [-0.3, -0.25) is 4.79 Å². The maximum Gasteiger partial charge on any atom is 0.335 e. The van der Waals surface area contributed by atoms with Crippen molar-refractivity contribution in [1.82, 2.24) is 9.97 Å². The second-order valence-electron chi connectivity index (χ2n) is 4.51. The lowest BCUT2D eigenvalue weighted by Crippen LogP contribution is -2.12. The number of rotatable bonds is 5. The Morgan fingerprint density at radius 2 is 2.16 bits per heavy atom. The second-order valence-corrected chi connectivity index (χ2v) is 4.51. The molecule has 0 spiro atoms. The van der Waals surface area contributed by atoms with Crippen molar-refractivity contribution in [3.8, 4) is 0 Å². The molecule has 0 aliphatic rings. The quantitative estimate of drug-likeness (QED) is 0.808. The zero-order valence-electron chi connectivity index (χ0n) is 10.8. The smallest absolute Gasteiger partial charge is 0.335 e. The van der Waals surface area contributed by atoms with E-state index in [0.29, 0.717) is 16.7 Å². The molecule has 19 heavy (non-hydrogen) atoms. The van der Waals surface area contributed by atoms with Gasteiger partial charge in [-0.2, -0.15) is 0 Å². The summed E-state index contributed by atoms with van der Waals surface area (Å²) in [5.41, 5.74) is 0.360. The maximum atomic E-state index is 11.9. The molecule has 0 radical (unpaired) electrons. The van der Waals surface area contributed by atoms with Crippen LogP contribution in [-0.4, -0.2) is 21.0 Å². The van der Waals surface area contributed by atoms with Crippen molar-refractivity contribution >= 4 is 16.9 Å². The first-order valence-corrected chi connectivity index (χ1v) is 6.38. The molecule has 5 heteroatoms. The Morgan fingerprint density at radius 3 is 2.84 bits per heavy atom. The molecule has 0 atom stereocenters. The molecule has 1 aromatic heterocycles. The number of carboxylic acids is 1. The van der Waals surface area contributed by atoms with Crippen LogP contribution in [0.25, 0.3) is 10.9 Å². The fraction of sp³-hybridized carbons (Fsp3) is 0.357. The molecular formula is C14H16N2O3. The molecule has 0 aliphatic carbocycles. The van der Waals surface area contributed by atoms with Crippen molar-refractivity contribution in [2.24, 2.45) is 0 Å². The lowest BCUT2D eigenvalue weighted by atomic mass is 10.1. The third kappa shape index (κ3) is 2.99. The normalized spacial score (nSPS) is 10.8. The van der Waals surface area contributed by atoms with E-state index in [2.05, 4.69) is 16.9 Å². The van der Waals surface area contributed by atoms with Crippen molar-refractivity contribution in [2.45, 2.75) is 32.6 Å². The maximum absolute atomic E-state index is 11.9. The van der Waals surface area contributed by atoms with Gasteiger partial charge in [0.05, 0.1) is 16.5 Å². The summed E-state index contributed by atoms with van der Waals surface area (Å²) in [6.45, 7) is 2.12. The number of aromatic carboxylic acids is 1. The van der Waals surface area contributed by atoms with E-state index in [1.165, 1.54) is 12.1 Å². The number of H-pyrrole nitrogens is 1. The third-order valence-corrected chi connectivity index (χ3v) is 3.02. The number of aromatic amines is 1. The van der Waals surface area contributed by atoms with Crippen molar-refractivity contribution in [3.63, 3.8) is 0 Å². The molecule has 0 unspecified atom stereocenters. The van der Waals surface area contributed by atoms with Crippen LogP contribution in [-0.2, 0) is 6.42 Å². The Balaban J connectivity index is 2.39. The minimum absolute atomic E-state index is 0.0959. The molecule has 0 saturated heterocycles. The van der Waals surface area contributed by atoms with E-state index in [9.17, 15) is 9.59 Å². The molecule has 2 rings (SSSR count). The largest absolute Gasteiger partial charge is 0.478 e. The number of nitrogens with one attached hydrogen (secondary N) is 1. The predicted molar refractivity (Wildman–Crippen MR) is 72.6 cm³/mol. The standard InChI is InChI=1S/C14H16N2O3/c1-2-3-4-5-12-15-11-7-6-9(14(18)19)8-10(11)13(17)16-12/h6-8H,2-5H2,1H3,(H,18,19)(H,15,16,17). The van der Waals surface area contributed by atoms with E-state index < -0.39 is 5.97 Å². The number of fused-ring (bicyclic) bond motifs is 1. The van der Waals surface area contributed by atoms with E-state index >= 15 is 0 Å². The first-order valence-electron chi connectivity index (χ1n) is 6.38. The Bertz CT molecular complexity index is 661. The van der Waals surface area contributed by atoms with Crippen LogP contribution in [0.2, 0.25) is 0 Å². The van der Waals surface area contributed by atoms with Gasteiger partial charge in [0.1, 0.15) is 5.82 Å². The fourth-order valence-electron chi connectivity index (χ4n) is 1.98. The zero-order chi connectivity index (χ0) is 13.8. The highest BCUT2D eigenvalue weighted by molar-refractivity contribution is 5.92. The van der Waals surface area contributed by atoms with Crippen LogP contribution in [0.1, 0.15) is 42.4 Å². The molecule has 0 amide bonds. The number of nitrogens with zero attached hydrogens (tertiary/aromatic N) is 1. The van der Waals surface area contributed by atoms with Gasteiger partial charge in [0, 0.05) is 6.42 Å². The summed E-state index contributed by atoms with van der Waals surface area (Å²) in [6.07, 6.45) is 3.93. The number of carboxylic acid groups (broad SMARTS) is 1. The molecule has 2 aromatic rings. The van der Waals surface area contributed by atoms with Crippen LogP contribution in [0.3, 0.4) is 0 Å². The van der Waals surface area contributed by atoms with Crippen LogP contribution in [0.5, 0.6) is 0 Å². The van der Waals surface area contributed by atoms with Crippen LogP contribution >= 0.6 is 0 Å². The van der Waals surface area contributed by atoms with Crippen molar-refractivity contribution in [1.29, 1.82) is 0 Å². The van der Waals surface area contributed by atoms with Crippen molar-refractivity contribution in [3.05, 3.63) is 39.9 Å². The number of benzene rings is 1. The fourth-order valence-corrected chi connectivity index (χ4v) is 1.98. The van der Waals surface area contributed by atoms with Crippen LogP contribution in [0.15, 0.2) is 23.0 Å². The minimum Gasteiger partial charge on any atom is -0.478 e. The van der Waals surface area contributed by atoms with Gasteiger partial charge in [-0.25, -0.2) is 9.78 Å². The molecular weight excluding hydrogens is 244 g/mol. The summed E-state index contributed by atoms with van der Waals surface area (Å²) in [7, 11) is 0. The minimum atomic E-state index is -1.05. The first-order chi connectivity index (χ1) is 9.11. The van der Waals surface area contributed by atoms with Crippen LogP contribution < -0.4 is 5.56 Å². The molecule has 0 saturated carbocycles. The monoisotopic (exact) mass is 260 g/mol. The Kier molecular flexibility index (Phi) is 3.94. The predicted octanol–water partition coefficient (Wildman–Crippen LogP) is 2.35. The Morgan fingerprint density at radius 1 is 1.37 bits per heavy atom. The summed E-state index contributed by atoms with van der Waals surface area (Å²) in [6, 6.07) is 4.41. The zero-order valence-corrected chi connectivity index (χ0v) is 10.8. The highest BCUT2D eigenvalue weighted by Gasteiger charge is 2.08. The summed E-state index contributed by atoms with van der Waals surface area (Å²) < 4.78 is 0. The summed E-state index contributed by atoms with van der Waals surface area (Å²) in [5.74, 6) is -0.387. The van der Waals surface area contributed by atoms with Gasteiger partial charge >= 0.3 is 5.97 Å². The average Bonchev–Trinajstić information content (AvgIpc) is 2.38. The van der Waals surface area contributed by atoms with E-state index in [1.807, 2.05) is 0 Å². The number of hydrogen-bond donors (Lipinski definition) is 2. The number of aromatic nitrogens is 2. The SMILES string of the molecule is CCCCCc1nc2ccc(C(=O)O)cc2c(=O)[nH]1. The van der Waals surface area contributed by atoms with Gasteiger partial charge in [-0.05, 0) is 24.6 Å². The molecule has 2 N–H and O–H groups in total. The molecule has 100 valence electrons. The van der Waals surface area contributed by atoms with E-state index in [1.54, 1.807) is 6.07 Å². The van der Waals surface area contributed by atoms with E-state index in [-0.39, 0.29) is 11.1 Å². The number of unbranched alkanes of at least 4 members (excludes halogenated alkanes) is 2. The Labute approximate surface area is 110 Å². The summed E-state index contributed by atoms with van der Waals surface area (Å²) >= 11 is 0. The van der Waals surface area contributed by atoms with Gasteiger partial charge in [0.25, 0.3) is 5.56 Å². The highest BCUT2D eigenvalue weighted by Crippen LogP contribution is 2.11. The lowest BCUT2D eigenvalue weighted by molar-refractivity contribution is 0.0697. The summed E-state index contributed by atoms with van der Waals surface area (Å²) in [4.78, 5) is 29.9. The average molecular weight is 260 g/mol. The molecule has 0 fully saturated rings. The van der Waals surface area contributed by atoms with Crippen molar-refractivity contribution in [2.75, 3.05) is 0 Å². The molecule has 5 nitrogen and oxygen atoms in total. The molecule has 1 heterocycles. The molecule has 0 bridgehead atoms. The van der Waals surface area contributed by atoms with E-state index in [0.717, 1.165) is 25.7 Å². The number of hydrogen-bond acceptors (Lipinski definition) is 3. The molecule has 1 aromatic carbocycles. The topological polar surface area (TPSA) is 83.0 Å². The van der Waals surface area contributed by atoms with Crippen LogP contribution in [0, 0.1) is 0 Å². The first kappa shape index (κ1) is 13.3. The van der Waals surface area contributed by atoms with Crippen molar-refractivity contribution < 1.29 is 9.90 Å². The Hall–Kier alpha value is -2.17. The lowest BCUT2D eigenvalue weighted by Gasteiger charge is -2.03. The van der Waals surface area contributed by atoms with E-state index in [4.69, 9.17) is 5.11 Å². The summed E-state index contributed by atoms with van der Waals surface area (Å²) in [5, 5.41) is 9.22.